The molecule has 0 aliphatic heterocycles. The Balaban J connectivity index is 4.18. The van der Waals surface area contributed by atoms with E-state index in [1.165, 1.54) is 83.5 Å². The first-order chi connectivity index (χ1) is 38.5. The zero-order valence-electron chi connectivity index (χ0n) is 51.3. The molecule has 0 rings (SSSR count). The SMILES string of the molecule is CC/C=C\C/C=C\C/C=C\C/C=C\C/C=C\C/C=C\C/C=C\C/C=C\C/C=C\C/C=C\C/C=C\C/C=C\CCCCCCC(=O)NC(COP(=O)([O-])OCC[N+](C)(C)C)C(O)CCCCCCCCCCCCCCCCCC. The van der Waals surface area contributed by atoms with Gasteiger partial charge in [0.25, 0.3) is 7.82 Å². The summed E-state index contributed by atoms with van der Waals surface area (Å²) in [5.74, 6) is -0.194. The standard InChI is InChI=1S/C70H119N2O6P/c1-6-8-10-12-14-16-18-20-22-24-25-26-27-28-29-30-31-32-33-34-35-36-37-38-39-40-41-42-43-44-45-46-47-48-50-52-54-56-58-60-62-64-70(74)71-68(67-78-79(75,76)77-66-65-72(3,4)5)69(73)63-61-59-57-55-53-51-49-23-21-19-17-15-13-11-9-7-2/h8,10,14,16,20,22,25-26,28-29,31-32,34-35,37-38,40-41,43-44,46-47,50,52,68-69,73H,6-7,9,11-13,15,17-19,21,23-24,27,30,33,36,39,42,45,48-49,51,53-67H2,1-5H3,(H-,71,74,75,76)/b10-8-,16-14-,22-20-,26-25-,29-28-,32-31-,35-34-,38-37-,41-40-,44-43-,47-46-,52-50-. The number of hydrogen-bond donors (Lipinski definition) is 2. The number of aliphatic hydroxyl groups excluding tert-OH is 1. The van der Waals surface area contributed by atoms with Crippen molar-refractivity contribution in [3.05, 3.63) is 146 Å². The molecule has 0 aliphatic carbocycles. The average Bonchev–Trinajstić information content (AvgIpc) is 3.42. The van der Waals surface area contributed by atoms with Gasteiger partial charge in [0.2, 0.25) is 5.91 Å². The maximum atomic E-state index is 13.0. The monoisotopic (exact) mass is 1110 g/mol. The summed E-state index contributed by atoms with van der Waals surface area (Å²) in [6.45, 7) is 4.58. The zero-order valence-corrected chi connectivity index (χ0v) is 52.2. The molecule has 3 atom stereocenters. The zero-order chi connectivity index (χ0) is 57.7. The van der Waals surface area contributed by atoms with Crippen molar-refractivity contribution in [3.63, 3.8) is 0 Å². The number of carbonyl (C=O) groups excluding carboxylic acids is 1. The Morgan fingerprint density at radius 1 is 0.456 bits per heavy atom. The summed E-state index contributed by atoms with van der Waals surface area (Å²) in [6, 6.07) is -0.825. The molecule has 0 heterocycles. The van der Waals surface area contributed by atoms with Gasteiger partial charge in [-0.25, -0.2) is 0 Å². The number of phosphoric ester groups is 1. The van der Waals surface area contributed by atoms with Gasteiger partial charge in [0.15, 0.2) is 0 Å². The minimum absolute atomic E-state index is 0.000361. The highest BCUT2D eigenvalue weighted by Crippen LogP contribution is 2.38. The summed E-state index contributed by atoms with van der Waals surface area (Å²) >= 11 is 0. The number of amides is 1. The van der Waals surface area contributed by atoms with Gasteiger partial charge in [-0.3, -0.25) is 9.36 Å². The maximum Gasteiger partial charge on any atom is 0.268 e. The Labute approximate surface area is 487 Å². The summed E-state index contributed by atoms with van der Waals surface area (Å²) in [5, 5.41) is 14.0. The number of carbonyl (C=O) groups is 1. The topological polar surface area (TPSA) is 108 Å². The molecule has 0 spiro atoms. The first kappa shape index (κ1) is 75.4. The van der Waals surface area contributed by atoms with E-state index < -0.39 is 20.0 Å². The molecule has 79 heavy (non-hydrogen) atoms. The lowest BCUT2D eigenvalue weighted by Gasteiger charge is -2.30. The molecule has 0 aromatic carbocycles. The van der Waals surface area contributed by atoms with Crippen LogP contribution in [0, 0.1) is 0 Å². The third-order valence-corrected chi connectivity index (χ3v) is 14.3. The Morgan fingerprint density at radius 3 is 1.13 bits per heavy atom. The fraction of sp³-hybridized carbons (Fsp3) is 0.643. The lowest BCUT2D eigenvalue weighted by molar-refractivity contribution is -0.870. The Morgan fingerprint density at radius 2 is 0.772 bits per heavy atom. The molecule has 3 unspecified atom stereocenters. The first-order valence-corrected chi connectivity index (χ1v) is 33.1. The van der Waals surface area contributed by atoms with Crippen molar-refractivity contribution in [2.75, 3.05) is 40.9 Å². The third-order valence-electron chi connectivity index (χ3n) is 13.3. The molecule has 0 fully saturated rings. The predicted molar refractivity (Wildman–Crippen MR) is 343 cm³/mol. The number of nitrogens with one attached hydrogen (secondary N) is 1. The van der Waals surface area contributed by atoms with E-state index in [9.17, 15) is 19.4 Å². The van der Waals surface area contributed by atoms with Crippen LogP contribution in [0.15, 0.2) is 146 Å². The van der Waals surface area contributed by atoms with Gasteiger partial charge in [-0.05, 0) is 103 Å². The van der Waals surface area contributed by atoms with Crippen LogP contribution in [0.25, 0.3) is 0 Å². The van der Waals surface area contributed by atoms with Crippen molar-refractivity contribution in [3.8, 4) is 0 Å². The van der Waals surface area contributed by atoms with Crippen LogP contribution in [-0.2, 0) is 18.4 Å². The van der Waals surface area contributed by atoms with E-state index in [0.29, 0.717) is 23.9 Å². The maximum absolute atomic E-state index is 13.0. The molecule has 0 aliphatic rings. The lowest BCUT2D eigenvalue weighted by atomic mass is 10.0. The molecule has 450 valence electrons. The summed E-state index contributed by atoms with van der Waals surface area (Å²) in [5.41, 5.74) is 0. The summed E-state index contributed by atoms with van der Waals surface area (Å²) in [7, 11) is 1.27. The van der Waals surface area contributed by atoms with E-state index in [4.69, 9.17) is 9.05 Å². The fourth-order valence-corrected chi connectivity index (χ4v) is 9.16. The quantitative estimate of drug-likeness (QED) is 0.0272. The first-order valence-electron chi connectivity index (χ1n) is 31.7. The van der Waals surface area contributed by atoms with Gasteiger partial charge < -0.3 is 28.8 Å². The van der Waals surface area contributed by atoms with Crippen molar-refractivity contribution < 1.29 is 32.9 Å². The molecule has 0 aromatic heterocycles. The van der Waals surface area contributed by atoms with E-state index in [-0.39, 0.29) is 19.1 Å². The highest BCUT2D eigenvalue weighted by Gasteiger charge is 2.24. The van der Waals surface area contributed by atoms with Gasteiger partial charge in [-0.15, -0.1) is 0 Å². The number of aliphatic hydroxyl groups is 1. The fourth-order valence-electron chi connectivity index (χ4n) is 8.43. The van der Waals surface area contributed by atoms with Gasteiger partial charge in [0.05, 0.1) is 39.9 Å². The number of hydrogen-bond acceptors (Lipinski definition) is 6. The molecule has 0 radical (unpaired) electrons. The second-order valence-corrected chi connectivity index (χ2v) is 23.4. The van der Waals surface area contributed by atoms with Crippen LogP contribution in [0.3, 0.4) is 0 Å². The molecule has 0 saturated carbocycles. The molecule has 1 amide bonds. The van der Waals surface area contributed by atoms with Crippen molar-refractivity contribution >= 4 is 13.7 Å². The number of rotatable bonds is 56. The van der Waals surface area contributed by atoms with Crippen LogP contribution in [0.5, 0.6) is 0 Å². The number of phosphoric acid groups is 1. The minimum atomic E-state index is -4.59. The molecular weight excluding hydrogens is 996 g/mol. The number of unbranched alkanes of at least 4 members (excludes halogenated alkanes) is 19. The molecule has 9 heteroatoms. The van der Waals surface area contributed by atoms with Crippen molar-refractivity contribution in [1.82, 2.24) is 5.32 Å². The Bertz CT molecular complexity index is 1790. The van der Waals surface area contributed by atoms with E-state index >= 15 is 0 Å². The van der Waals surface area contributed by atoms with Crippen LogP contribution < -0.4 is 10.2 Å². The van der Waals surface area contributed by atoms with Gasteiger partial charge >= 0.3 is 0 Å². The molecular formula is C70H119N2O6P. The number of quaternary nitrogens is 1. The Hall–Kier alpha value is -3.62. The van der Waals surface area contributed by atoms with E-state index in [2.05, 4.69) is 165 Å². The minimum Gasteiger partial charge on any atom is -0.756 e. The molecule has 0 saturated heterocycles. The van der Waals surface area contributed by atoms with E-state index in [0.717, 1.165) is 128 Å². The average molecular weight is 1120 g/mol. The Kier molecular flexibility index (Phi) is 56.3. The highest BCUT2D eigenvalue weighted by atomic mass is 31.2. The van der Waals surface area contributed by atoms with Gasteiger partial charge in [0.1, 0.15) is 13.2 Å². The third kappa shape index (κ3) is 61.8. The van der Waals surface area contributed by atoms with E-state index in [1.54, 1.807) is 0 Å². The lowest BCUT2D eigenvalue weighted by Crippen LogP contribution is -2.46. The number of nitrogens with zero attached hydrogens (tertiary/aromatic N) is 1. The smallest absolute Gasteiger partial charge is 0.268 e. The van der Waals surface area contributed by atoms with Crippen molar-refractivity contribution in [2.24, 2.45) is 0 Å². The highest BCUT2D eigenvalue weighted by molar-refractivity contribution is 7.45. The molecule has 8 nitrogen and oxygen atoms in total. The normalized spacial score (nSPS) is 14.8. The van der Waals surface area contributed by atoms with Crippen LogP contribution in [0.4, 0.5) is 0 Å². The van der Waals surface area contributed by atoms with Crippen LogP contribution >= 0.6 is 7.82 Å². The largest absolute Gasteiger partial charge is 0.756 e. The van der Waals surface area contributed by atoms with Crippen molar-refractivity contribution in [1.29, 1.82) is 0 Å². The molecule has 0 bridgehead atoms. The number of likely N-dealkylation sites (N-methyl/N-ethyl adjacent to an activating group) is 1. The second kappa shape index (κ2) is 59.0. The second-order valence-electron chi connectivity index (χ2n) is 22.0. The van der Waals surface area contributed by atoms with Gasteiger partial charge in [-0.1, -0.05) is 275 Å². The van der Waals surface area contributed by atoms with Crippen molar-refractivity contribution in [2.45, 2.75) is 251 Å². The number of allylic oxidation sites excluding steroid dienone is 24. The summed E-state index contributed by atoms with van der Waals surface area (Å²) in [6.07, 6.45) is 90.4. The predicted octanol–water partition coefficient (Wildman–Crippen LogP) is 19.4. The summed E-state index contributed by atoms with van der Waals surface area (Å²) in [4.78, 5) is 25.5. The van der Waals surface area contributed by atoms with Crippen LogP contribution in [0.2, 0.25) is 0 Å². The van der Waals surface area contributed by atoms with E-state index in [1.807, 2.05) is 21.1 Å². The molecule has 0 aromatic rings. The molecule has 2 N–H and O–H groups in total. The van der Waals surface area contributed by atoms with Gasteiger partial charge in [0, 0.05) is 6.42 Å². The summed E-state index contributed by atoms with van der Waals surface area (Å²) < 4.78 is 23.4. The van der Waals surface area contributed by atoms with Crippen LogP contribution in [0.1, 0.15) is 239 Å². The van der Waals surface area contributed by atoms with Crippen LogP contribution in [-0.4, -0.2) is 68.5 Å². The van der Waals surface area contributed by atoms with Gasteiger partial charge in [-0.2, -0.15) is 0 Å².